The molecule has 0 radical (unpaired) electrons. The highest BCUT2D eigenvalue weighted by Crippen LogP contribution is 2.22. The number of rotatable bonds is 6. The molecule has 2 aromatic carbocycles. The van der Waals surface area contributed by atoms with E-state index in [-0.39, 0.29) is 12.4 Å². The van der Waals surface area contributed by atoms with Crippen LogP contribution in [0.5, 0.6) is 5.75 Å². The van der Waals surface area contributed by atoms with Crippen molar-refractivity contribution in [3.05, 3.63) is 83.2 Å². The Balaban J connectivity index is 1.77. The fourth-order valence-corrected chi connectivity index (χ4v) is 3.12. The molecule has 3 aromatic rings. The van der Waals surface area contributed by atoms with Gasteiger partial charge in [0.1, 0.15) is 11.3 Å². The minimum absolute atomic E-state index is 0.242. The maximum Gasteiger partial charge on any atom is 0.342 e. The van der Waals surface area contributed by atoms with Crippen molar-refractivity contribution >= 4 is 11.8 Å². The number of ketones is 1. The van der Waals surface area contributed by atoms with Crippen molar-refractivity contribution < 1.29 is 19.1 Å². The largest absolute Gasteiger partial charge is 0.496 e. The first-order valence-electron chi connectivity index (χ1n) is 8.60. The molecule has 5 heteroatoms. The topological polar surface area (TPSA) is 57.5 Å². The second kappa shape index (κ2) is 7.91. The third-order valence-corrected chi connectivity index (χ3v) is 4.41. The van der Waals surface area contributed by atoms with Crippen molar-refractivity contribution in [1.29, 1.82) is 0 Å². The molecule has 0 spiro atoms. The second-order valence-corrected chi connectivity index (χ2v) is 6.16. The van der Waals surface area contributed by atoms with Crippen LogP contribution in [0.15, 0.2) is 60.7 Å². The van der Waals surface area contributed by atoms with E-state index in [4.69, 9.17) is 9.47 Å². The van der Waals surface area contributed by atoms with Crippen molar-refractivity contribution in [2.75, 3.05) is 13.7 Å². The number of nitrogens with zero attached hydrogens (tertiary/aromatic N) is 1. The number of para-hydroxylation sites is 2. The summed E-state index contributed by atoms with van der Waals surface area (Å²) >= 11 is 0. The van der Waals surface area contributed by atoms with E-state index in [1.54, 1.807) is 24.3 Å². The summed E-state index contributed by atoms with van der Waals surface area (Å²) < 4.78 is 12.4. The van der Waals surface area contributed by atoms with Gasteiger partial charge < -0.3 is 14.0 Å². The van der Waals surface area contributed by atoms with Crippen LogP contribution in [0.3, 0.4) is 0 Å². The van der Waals surface area contributed by atoms with Gasteiger partial charge in [-0.05, 0) is 44.2 Å². The maximum atomic E-state index is 12.6. The Morgan fingerprint density at radius 3 is 2.30 bits per heavy atom. The fraction of sp³-hybridized carbons (Fsp3) is 0.182. The number of carbonyl (C=O) groups excluding carboxylic acids is 2. The van der Waals surface area contributed by atoms with Gasteiger partial charge in [0.05, 0.1) is 7.11 Å². The number of benzene rings is 2. The lowest BCUT2D eigenvalue weighted by molar-refractivity contribution is 0.0471. The molecule has 0 aliphatic rings. The van der Waals surface area contributed by atoms with Crippen LogP contribution in [0.4, 0.5) is 0 Å². The van der Waals surface area contributed by atoms with E-state index in [1.165, 1.54) is 7.11 Å². The molecule has 0 fully saturated rings. The standard InChI is InChI=1S/C22H21NO4/c1-15-13-19(16(2)23(15)17-9-5-4-6-10-17)20(24)14-27-22(25)18-11-7-8-12-21(18)26-3/h4-13H,14H2,1-3H3. The normalized spacial score (nSPS) is 10.5. The van der Waals surface area contributed by atoms with Gasteiger partial charge in [0, 0.05) is 22.6 Å². The van der Waals surface area contributed by atoms with Crippen LogP contribution >= 0.6 is 0 Å². The number of methoxy groups -OCH3 is 1. The molecule has 0 unspecified atom stereocenters. The molecule has 1 heterocycles. The van der Waals surface area contributed by atoms with Gasteiger partial charge in [-0.3, -0.25) is 4.79 Å². The van der Waals surface area contributed by atoms with Gasteiger partial charge >= 0.3 is 5.97 Å². The molecule has 5 nitrogen and oxygen atoms in total. The molecule has 138 valence electrons. The molecule has 0 aliphatic carbocycles. The lowest BCUT2D eigenvalue weighted by Gasteiger charge is -2.10. The molecule has 0 aliphatic heterocycles. The van der Waals surface area contributed by atoms with Gasteiger partial charge in [0.15, 0.2) is 6.61 Å². The fourth-order valence-electron chi connectivity index (χ4n) is 3.12. The average molecular weight is 363 g/mol. The summed E-state index contributed by atoms with van der Waals surface area (Å²) in [4.78, 5) is 24.9. The highest BCUT2D eigenvalue weighted by molar-refractivity contribution is 6.01. The zero-order chi connectivity index (χ0) is 19.4. The Labute approximate surface area is 158 Å². The van der Waals surface area contributed by atoms with E-state index in [9.17, 15) is 9.59 Å². The zero-order valence-electron chi connectivity index (χ0n) is 15.6. The van der Waals surface area contributed by atoms with E-state index in [0.29, 0.717) is 16.9 Å². The molecule has 3 rings (SSSR count). The van der Waals surface area contributed by atoms with Crippen molar-refractivity contribution in [1.82, 2.24) is 4.57 Å². The molecule has 27 heavy (non-hydrogen) atoms. The number of aromatic nitrogens is 1. The Hall–Kier alpha value is -3.34. The number of aryl methyl sites for hydroxylation is 1. The quantitative estimate of drug-likeness (QED) is 0.488. The number of Topliss-reactive ketones (excluding diaryl/α,β-unsaturated/α-hetero) is 1. The van der Waals surface area contributed by atoms with Crippen LogP contribution in [-0.2, 0) is 4.74 Å². The number of hydrogen-bond acceptors (Lipinski definition) is 4. The minimum atomic E-state index is -0.585. The lowest BCUT2D eigenvalue weighted by Crippen LogP contribution is -2.15. The molecular formula is C22H21NO4. The highest BCUT2D eigenvalue weighted by atomic mass is 16.5. The summed E-state index contributed by atoms with van der Waals surface area (Å²) in [6.07, 6.45) is 0. The lowest BCUT2D eigenvalue weighted by atomic mass is 10.1. The average Bonchev–Trinajstić information content (AvgIpc) is 3.00. The summed E-state index contributed by atoms with van der Waals surface area (Å²) in [5.74, 6) is -0.414. The van der Waals surface area contributed by atoms with Crippen molar-refractivity contribution in [3.8, 4) is 11.4 Å². The molecule has 0 amide bonds. The van der Waals surface area contributed by atoms with Crippen LogP contribution in [0.25, 0.3) is 5.69 Å². The second-order valence-electron chi connectivity index (χ2n) is 6.16. The van der Waals surface area contributed by atoms with E-state index in [2.05, 4.69) is 0 Å². The van der Waals surface area contributed by atoms with Crippen molar-refractivity contribution in [2.45, 2.75) is 13.8 Å². The van der Waals surface area contributed by atoms with Crippen LogP contribution in [-0.4, -0.2) is 30.0 Å². The minimum Gasteiger partial charge on any atom is -0.496 e. The van der Waals surface area contributed by atoms with Gasteiger partial charge in [-0.25, -0.2) is 4.79 Å². The summed E-state index contributed by atoms with van der Waals surface area (Å²) in [6, 6.07) is 18.4. The summed E-state index contributed by atoms with van der Waals surface area (Å²) in [5, 5.41) is 0. The zero-order valence-corrected chi connectivity index (χ0v) is 15.6. The predicted octanol–water partition coefficient (Wildman–Crippen LogP) is 4.14. The highest BCUT2D eigenvalue weighted by Gasteiger charge is 2.19. The molecule has 1 aromatic heterocycles. The molecule has 0 saturated carbocycles. The van der Waals surface area contributed by atoms with Crippen molar-refractivity contribution in [2.24, 2.45) is 0 Å². The smallest absolute Gasteiger partial charge is 0.342 e. The van der Waals surface area contributed by atoms with Crippen LogP contribution in [0.1, 0.15) is 32.1 Å². The van der Waals surface area contributed by atoms with Gasteiger partial charge in [-0.1, -0.05) is 30.3 Å². The maximum absolute atomic E-state index is 12.6. The molecule has 0 N–H and O–H groups in total. The SMILES string of the molecule is COc1ccccc1C(=O)OCC(=O)c1cc(C)n(-c2ccccc2)c1C. The summed E-state index contributed by atoms with van der Waals surface area (Å²) in [5.41, 5.74) is 3.58. The van der Waals surface area contributed by atoms with Crippen molar-refractivity contribution in [3.63, 3.8) is 0 Å². The Morgan fingerprint density at radius 1 is 0.926 bits per heavy atom. The van der Waals surface area contributed by atoms with Gasteiger partial charge in [-0.15, -0.1) is 0 Å². The van der Waals surface area contributed by atoms with E-state index in [0.717, 1.165) is 17.1 Å². The summed E-state index contributed by atoms with van der Waals surface area (Å²) in [7, 11) is 1.48. The number of esters is 1. The van der Waals surface area contributed by atoms with Gasteiger partial charge in [0.25, 0.3) is 0 Å². The Morgan fingerprint density at radius 2 is 1.59 bits per heavy atom. The van der Waals surface area contributed by atoms with Crippen LogP contribution in [0, 0.1) is 13.8 Å². The molecular weight excluding hydrogens is 342 g/mol. The summed E-state index contributed by atoms with van der Waals surface area (Å²) in [6.45, 7) is 3.50. The number of ether oxygens (including phenoxy) is 2. The third kappa shape index (κ3) is 3.77. The van der Waals surface area contributed by atoms with E-state index < -0.39 is 5.97 Å². The molecule has 0 saturated heterocycles. The number of carbonyl (C=O) groups is 2. The first-order valence-corrected chi connectivity index (χ1v) is 8.60. The third-order valence-electron chi connectivity index (χ3n) is 4.41. The first kappa shape index (κ1) is 18.5. The molecule has 0 atom stereocenters. The Kier molecular flexibility index (Phi) is 5.41. The Bertz CT molecular complexity index is 973. The first-order chi connectivity index (χ1) is 13.0. The molecule has 0 bridgehead atoms. The monoisotopic (exact) mass is 363 g/mol. The predicted molar refractivity (Wildman–Crippen MR) is 103 cm³/mol. The van der Waals surface area contributed by atoms with Gasteiger partial charge in [-0.2, -0.15) is 0 Å². The van der Waals surface area contributed by atoms with Gasteiger partial charge in [0.2, 0.25) is 5.78 Å². The van der Waals surface area contributed by atoms with E-state index in [1.807, 2.05) is 54.8 Å². The van der Waals surface area contributed by atoms with E-state index >= 15 is 0 Å². The number of hydrogen-bond donors (Lipinski definition) is 0. The van der Waals surface area contributed by atoms with Crippen LogP contribution in [0.2, 0.25) is 0 Å². The van der Waals surface area contributed by atoms with Crippen LogP contribution < -0.4 is 4.74 Å².